The Morgan fingerprint density at radius 3 is 2.80 bits per heavy atom. The summed E-state index contributed by atoms with van der Waals surface area (Å²) in [4.78, 5) is 13.5. The number of nitrogens with zero attached hydrogens (tertiary/aromatic N) is 1. The average Bonchev–Trinajstić information content (AvgIpc) is 2.24. The van der Waals surface area contributed by atoms with Gasteiger partial charge in [-0.1, -0.05) is 12.8 Å². The molecule has 0 aliphatic rings. The summed E-state index contributed by atoms with van der Waals surface area (Å²) in [5.74, 6) is 3.37. The highest BCUT2D eigenvalue weighted by atomic mass is 32.2. The van der Waals surface area contributed by atoms with Gasteiger partial charge in [-0.3, -0.25) is 4.79 Å². The quantitative estimate of drug-likeness (QED) is 0.660. The Morgan fingerprint density at radius 1 is 1.67 bits per heavy atom. The molecule has 0 fully saturated rings. The maximum Gasteiger partial charge on any atom is 0.240 e. The molecule has 0 aromatic heterocycles. The first-order valence-electron chi connectivity index (χ1n) is 5.14. The summed E-state index contributed by atoms with van der Waals surface area (Å²) in [6.45, 7) is 3.07. The van der Waals surface area contributed by atoms with Crippen molar-refractivity contribution in [3.63, 3.8) is 0 Å². The Kier molecular flexibility index (Phi) is 8.25. The van der Waals surface area contributed by atoms with Crippen molar-refractivity contribution < 1.29 is 4.79 Å². The zero-order valence-corrected chi connectivity index (χ0v) is 10.3. The van der Waals surface area contributed by atoms with Crippen LogP contribution in [-0.4, -0.2) is 41.9 Å². The van der Waals surface area contributed by atoms with E-state index in [0.29, 0.717) is 19.5 Å². The van der Waals surface area contributed by atoms with E-state index in [4.69, 9.17) is 12.2 Å². The Morgan fingerprint density at radius 2 is 2.33 bits per heavy atom. The van der Waals surface area contributed by atoms with E-state index in [0.717, 1.165) is 12.2 Å². The number of carbonyl (C=O) groups excluding carboxylic acids is 1. The van der Waals surface area contributed by atoms with Crippen molar-refractivity contribution >= 4 is 17.7 Å². The van der Waals surface area contributed by atoms with Crippen molar-refractivity contribution in [1.82, 2.24) is 4.90 Å². The van der Waals surface area contributed by atoms with Gasteiger partial charge in [-0.15, -0.1) is 6.42 Å². The third-order valence-corrected chi connectivity index (χ3v) is 2.68. The van der Waals surface area contributed by atoms with Crippen LogP contribution in [0.25, 0.3) is 0 Å². The van der Waals surface area contributed by atoms with Crippen molar-refractivity contribution in [2.24, 2.45) is 5.73 Å². The molecule has 0 aliphatic heterocycles. The molecule has 0 saturated carbocycles. The minimum Gasteiger partial charge on any atom is -0.330 e. The molecule has 0 spiro atoms. The fraction of sp³-hybridized carbons (Fsp3) is 0.727. The van der Waals surface area contributed by atoms with Gasteiger partial charge in [-0.2, -0.15) is 11.8 Å². The molecule has 15 heavy (non-hydrogen) atoms. The normalized spacial score (nSPS) is 11.9. The first-order valence-corrected chi connectivity index (χ1v) is 6.53. The van der Waals surface area contributed by atoms with E-state index in [9.17, 15) is 4.79 Å². The molecule has 0 unspecified atom stereocenters. The standard InChI is InChI=1S/C11H20N2OS/c1-4-7-13(8-5-2)11(14)10(12)6-9-15-3/h1,10H,5-9,12H2,2-3H3/t10-/m0/s1. The Balaban J connectivity index is 4.16. The fourth-order valence-electron chi connectivity index (χ4n) is 1.25. The number of hydrogen-bond acceptors (Lipinski definition) is 3. The molecular formula is C11H20N2OS. The lowest BCUT2D eigenvalue weighted by atomic mass is 10.2. The largest absolute Gasteiger partial charge is 0.330 e. The van der Waals surface area contributed by atoms with Crippen LogP contribution in [0, 0.1) is 12.3 Å². The molecule has 0 aromatic carbocycles. The second kappa shape index (κ2) is 8.63. The summed E-state index contributed by atoms with van der Waals surface area (Å²) in [5.41, 5.74) is 5.79. The van der Waals surface area contributed by atoms with Crippen LogP contribution in [0.1, 0.15) is 19.8 Å². The first kappa shape index (κ1) is 14.3. The van der Waals surface area contributed by atoms with Gasteiger partial charge >= 0.3 is 0 Å². The number of nitrogens with two attached hydrogens (primary N) is 1. The van der Waals surface area contributed by atoms with Crippen LogP contribution < -0.4 is 5.73 Å². The minimum atomic E-state index is -0.405. The van der Waals surface area contributed by atoms with Crippen LogP contribution in [-0.2, 0) is 4.79 Å². The zero-order valence-electron chi connectivity index (χ0n) is 9.53. The molecule has 3 nitrogen and oxygen atoms in total. The summed E-state index contributed by atoms with van der Waals surface area (Å²) >= 11 is 1.69. The van der Waals surface area contributed by atoms with E-state index < -0.39 is 6.04 Å². The molecule has 0 saturated heterocycles. The maximum atomic E-state index is 11.8. The fourth-order valence-corrected chi connectivity index (χ4v) is 1.74. The van der Waals surface area contributed by atoms with E-state index in [1.807, 2.05) is 13.2 Å². The Hall–Kier alpha value is -0.660. The summed E-state index contributed by atoms with van der Waals surface area (Å²) in [6, 6.07) is -0.405. The van der Waals surface area contributed by atoms with Crippen molar-refractivity contribution in [1.29, 1.82) is 0 Å². The van der Waals surface area contributed by atoms with Crippen molar-refractivity contribution in [2.45, 2.75) is 25.8 Å². The monoisotopic (exact) mass is 228 g/mol. The second-order valence-electron chi connectivity index (χ2n) is 3.35. The highest BCUT2D eigenvalue weighted by Gasteiger charge is 2.18. The molecule has 0 aromatic rings. The third-order valence-electron chi connectivity index (χ3n) is 2.04. The van der Waals surface area contributed by atoms with Crippen LogP contribution in [0.3, 0.4) is 0 Å². The van der Waals surface area contributed by atoms with Gasteiger partial charge in [-0.25, -0.2) is 0 Å². The van der Waals surface area contributed by atoms with Crippen molar-refractivity contribution in [3.8, 4) is 12.3 Å². The van der Waals surface area contributed by atoms with Crippen LogP contribution >= 0.6 is 11.8 Å². The SMILES string of the molecule is C#CCN(CCC)C(=O)[C@@H](N)CCSC. The summed E-state index contributed by atoms with van der Waals surface area (Å²) < 4.78 is 0. The number of rotatable bonds is 7. The van der Waals surface area contributed by atoms with Gasteiger partial charge in [0, 0.05) is 6.54 Å². The summed E-state index contributed by atoms with van der Waals surface area (Å²) in [6.07, 6.45) is 8.83. The van der Waals surface area contributed by atoms with Gasteiger partial charge in [0.05, 0.1) is 12.6 Å². The maximum absolute atomic E-state index is 11.8. The van der Waals surface area contributed by atoms with E-state index in [2.05, 4.69) is 5.92 Å². The van der Waals surface area contributed by atoms with Crippen LogP contribution in [0.15, 0.2) is 0 Å². The lowest BCUT2D eigenvalue weighted by Crippen LogP contribution is -2.44. The van der Waals surface area contributed by atoms with Crippen LogP contribution in [0.4, 0.5) is 0 Å². The Labute approximate surface area is 96.8 Å². The van der Waals surface area contributed by atoms with Gasteiger partial charge < -0.3 is 10.6 Å². The number of thioether (sulfide) groups is 1. The van der Waals surface area contributed by atoms with Gasteiger partial charge in [0.2, 0.25) is 5.91 Å². The van der Waals surface area contributed by atoms with Gasteiger partial charge in [0.15, 0.2) is 0 Å². The molecule has 0 heterocycles. The highest BCUT2D eigenvalue weighted by Crippen LogP contribution is 2.03. The van der Waals surface area contributed by atoms with Crippen LogP contribution in [0.5, 0.6) is 0 Å². The van der Waals surface area contributed by atoms with Crippen molar-refractivity contribution in [2.75, 3.05) is 25.1 Å². The predicted molar refractivity (Wildman–Crippen MR) is 66.7 cm³/mol. The Bertz CT molecular complexity index is 225. The number of carbonyl (C=O) groups is 1. The third kappa shape index (κ3) is 5.71. The molecule has 0 bridgehead atoms. The minimum absolute atomic E-state index is 0.0242. The smallest absolute Gasteiger partial charge is 0.240 e. The number of hydrogen-bond donors (Lipinski definition) is 1. The molecule has 1 amide bonds. The molecule has 0 rings (SSSR count). The molecule has 0 aliphatic carbocycles. The van der Waals surface area contributed by atoms with E-state index >= 15 is 0 Å². The molecule has 2 N–H and O–H groups in total. The van der Waals surface area contributed by atoms with E-state index in [1.54, 1.807) is 16.7 Å². The lowest BCUT2D eigenvalue weighted by molar-refractivity contribution is -0.132. The second-order valence-corrected chi connectivity index (χ2v) is 4.34. The topological polar surface area (TPSA) is 46.3 Å². The van der Waals surface area contributed by atoms with E-state index in [1.165, 1.54) is 0 Å². The number of amides is 1. The molecule has 1 atom stereocenters. The highest BCUT2D eigenvalue weighted by molar-refractivity contribution is 7.98. The number of terminal acetylenes is 1. The average molecular weight is 228 g/mol. The molecular weight excluding hydrogens is 208 g/mol. The first-order chi connectivity index (χ1) is 7.17. The molecule has 4 heteroatoms. The van der Waals surface area contributed by atoms with Gasteiger partial charge in [0.1, 0.15) is 0 Å². The van der Waals surface area contributed by atoms with Gasteiger partial charge in [-0.05, 0) is 24.9 Å². The zero-order chi connectivity index (χ0) is 11.7. The molecule has 0 radical (unpaired) electrons. The summed E-state index contributed by atoms with van der Waals surface area (Å²) in [5, 5.41) is 0. The summed E-state index contributed by atoms with van der Waals surface area (Å²) in [7, 11) is 0. The molecule has 86 valence electrons. The predicted octanol–water partition coefficient (Wildman–Crippen LogP) is 0.939. The van der Waals surface area contributed by atoms with Gasteiger partial charge in [0.25, 0.3) is 0 Å². The lowest BCUT2D eigenvalue weighted by Gasteiger charge is -2.23. The van der Waals surface area contributed by atoms with Crippen molar-refractivity contribution in [3.05, 3.63) is 0 Å². The van der Waals surface area contributed by atoms with Crippen LogP contribution in [0.2, 0.25) is 0 Å². The van der Waals surface area contributed by atoms with E-state index in [-0.39, 0.29) is 5.91 Å².